The van der Waals surface area contributed by atoms with Crippen LogP contribution in [0, 0.1) is 0 Å². The average Bonchev–Trinajstić information content (AvgIpc) is 2.90. The highest BCUT2D eigenvalue weighted by Crippen LogP contribution is 2.20. The van der Waals surface area contributed by atoms with Gasteiger partial charge in [-0.3, -0.25) is 4.98 Å². The lowest BCUT2D eigenvalue weighted by molar-refractivity contribution is -0.129. The largest absolute Gasteiger partial charge is 0.497 e. The number of hydrogen-bond acceptors (Lipinski definition) is 5. The Hall–Kier alpha value is -2.95. The first kappa shape index (κ1) is 13.1. The van der Waals surface area contributed by atoms with Crippen molar-refractivity contribution in [1.29, 1.82) is 0 Å². The van der Waals surface area contributed by atoms with Gasteiger partial charge in [0.1, 0.15) is 5.75 Å². The molecule has 1 aromatic heterocycles. The fourth-order valence-corrected chi connectivity index (χ4v) is 1.88. The van der Waals surface area contributed by atoms with Crippen molar-refractivity contribution in [2.24, 2.45) is 4.99 Å². The van der Waals surface area contributed by atoms with Crippen LogP contribution in [0.3, 0.4) is 0 Å². The third-order valence-electron chi connectivity index (χ3n) is 2.95. The maximum atomic E-state index is 11.8. The molecule has 0 bridgehead atoms. The minimum absolute atomic E-state index is 0.263. The van der Waals surface area contributed by atoms with E-state index in [0.717, 1.165) is 11.3 Å². The predicted molar refractivity (Wildman–Crippen MR) is 77.8 cm³/mol. The molecular formula is C16H12N2O3. The van der Waals surface area contributed by atoms with Gasteiger partial charge < -0.3 is 9.47 Å². The van der Waals surface area contributed by atoms with Crippen molar-refractivity contribution in [3.05, 3.63) is 65.6 Å². The second kappa shape index (κ2) is 5.58. The molecule has 0 radical (unpaired) electrons. The van der Waals surface area contributed by atoms with Crippen LogP contribution in [-0.4, -0.2) is 24.0 Å². The molecule has 0 saturated carbocycles. The van der Waals surface area contributed by atoms with Gasteiger partial charge in [-0.1, -0.05) is 12.1 Å². The van der Waals surface area contributed by atoms with E-state index < -0.39 is 5.97 Å². The van der Waals surface area contributed by atoms with E-state index in [-0.39, 0.29) is 11.6 Å². The first-order chi connectivity index (χ1) is 10.3. The van der Waals surface area contributed by atoms with Gasteiger partial charge in [-0.2, -0.15) is 0 Å². The molecule has 3 rings (SSSR count). The Morgan fingerprint density at radius 2 is 2.00 bits per heavy atom. The number of hydrogen-bond donors (Lipinski definition) is 0. The summed E-state index contributed by atoms with van der Waals surface area (Å²) in [5.41, 5.74) is 1.78. The summed E-state index contributed by atoms with van der Waals surface area (Å²) in [7, 11) is 1.60. The molecule has 0 unspecified atom stereocenters. The van der Waals surface area contributed by atoms with Crippen LogP contribution in [0.1, 0.15) is 11.1 Å². The van der Waals surface area contributed by atoms with Gasteiger partial charge in [-0.25, -0.2) is 9.79 Å². The summed E-state index contributed by atoms with van der Waals surface area (Å²) in [4.78, 5) is 20.0. The van der Waals surface area contributed by atoms with Crippen LogP contribution in [0.5, 0.6) is 5.75 Å². The average molecular weight is 280 g/mol. The summed E-state index contributed by atoms with van der Waals surface area (Å²) in [5.74, 6) is 0.559. The van der Waals surface area contributed by atoms with Gasteiger partial charge in [-0.05, 0) is 35.9 Å². The minimum atomic E-state index is -0.468. The molecule has 21 heavy (non-hydrogen) atoms. The molecule has 0 amide bonds. The van der Waals surface area contributed by atoms with Gasteiger partial charge in [0.15, 0.2) is 5.70 Å². The van der Waals surface area contributed by atoms with Crippen LogP contribution >= 0.6 is 0 Å². The molecule has 5 nitrogen and oxygen atoms in total. The van der Waals surface area contributed by atoms with Crippen molar-refractivity contribution in [2.75, 3.05) is 7.11 Å². The van der Waals surface area contributed by atoms with Gasteiger partial charge in [-0.15, -0.1) is 0 Å². The topological polar surface area (TPSA) is 60.8 Å². The Kier molecular flexibility index (Phi) is 3.47. The van der Waals surface area contributed by atoms with E-state index >= 15 is 0 Å². The Bertz CT molecular complexity index is 719. The monoisotopic (exact) mass is 280 g/mol. The highest BCUT2D eigenvalue weighted by Gasteiger charge is 2.24. The number of esters is 1. The molecular weight excluding hydrogens is 268 g/mol. The van der Waals surface area contributed by atoms with E-state index in [1.165, 1.54) is 0 Å². The van der Waals surface area contributed by atoms with E-state index in [1.807, 2.05) is 24.3 Å². The molecule has 0 aliphatic carbocycles. The number of cyclic esters (lactones) is 1. The summed E-state index contributed by atoms with van der Waals surface area (Å²) in [6.07, 6.45) is 4.92. The van der Waals surface area contributed by atoms with E-state index in [1.54, 1.807) is 37.7 Å². The summed E-state index contributed by atoms with van der Waals surface area (Å²) in [5, 5.41) is 0. The van der Waals surface area contributed by atoms with Gasteiger partial charge in [0, 0.05) is 12.4 Å². The van der Waals surface area contributed by atoms with Gasteiger partial charge in [0.05, 0.1) is 12.7 Å². The molecule has 0 saturated heterocycles. The second-order valence-electron chi connectivity index (χ2n) is 4.35. The molecule has 0 atom stereocenters. The van der Waals surface area contributed by atoms with E-state index in [9.17, 15) is 4.79 Å². The quantitative estimate of drug-likeness (QED) is 0.640. The van der Waals surface area contributed by atoms with Crippen LogP contribution in [0.25, 0.3) is 6.08 Å². The number of ether oxygens (including phenoxy) is 2. The number of benzene rings is 1. The number of carbonyl (C=O) groups is 1. The van der Waals surface area contributed by atoms with Crippen molar-refractivity contribution in [2.45, 2.75) is 0 Å². The van der Waals surface area contributed by atoms with Crippen molar-refractivity contribution in [3.8, 4) is 5.75 Å². The number of methoxy groups -OCH3 is 1. The molecule has 2 aromatic rings. The lowest BCUT2D eigenvalue weighted by Crippen LogP contribution is -2.05. The molecule has 0 spiro atoms. The predicted octanol–water partition coefficient (Wildman–Crippen LogP) is 2.43. The Morgan fingerprint density at radius 3 is 2.67 bits per heavy atom. The number of rotatable bonds is 3. The Morgan fingerprint density at radius 1 is 1.19 bits per heavy atom. The molecule has 104 valence electrons. The first-order valence-electron chi connectivity index (χ1n) is 6.33. The van der Waals surface area contributed by atoms with Crippen molar-refractivity contribution < 1.29 is 14.3 Å². The van der Waals surface area contributed by atoms with Crippen molar-refractivity contribution >= 4 is 17.9 Å². The fraction of sp³-hybridized carbons (Fsp3) is 0.0625. The molecule has 2 heterocycles. The van der Waals surface area contributed by atoms with Gasteiger partial charge >= 0.3 is 5.97 Å². The zero-order valence-corrected chi connectivity index (χ0v) is 11.3. The zero-order valence-electron chi connectivity index (χ0n) is 11.3. The lowest BCUT2D eigenvalue weighted by Gasteiger charge is -1.99. The standard InChI is InChI=1S/C16H12N2O3/c1-20-13-6-4-11(5-7-13)9-14-16(19)21-15(18-14)12-3-2-8-17-10-12/h2-10H,1H3. The van der Waals surface area contributed by atoms with E-state index in [4.69, 9.17) is 9.47 Å². The molecule has 0 fully saturated rings. The van der Waals surface area contributed by atoms with Crippen LogP contribution < -0.4 is 4.74 Å². The number of pyridine rings is 1. The summed E-state index contributed by atoms with van der Waals surface area (Å²) in [6, 6.07) is 10.9. The maximum Gasteiger partial charge on any atom is 0.363 e. The Balaban J connectivity index is 1.89. The zero-order chi connectivity index (χ0) is 14.7. The Labute approximate surface area is 121 Å². The normalized spacial score (nSPS) is 15.8. The highest BCUT2D eigenvalue weighted by molar-refractivity contribution is 6.12. The first-order valence-corrected chi connectivity index (χ1v) is 6.33. The third kappa shape index (κ3) is 2.81. The van der Waals surface area contributed by atoms with Crippen molar-refractivity contribution in [3.63, 3.8) is 0 Å². The number of nitrogens with zero attached hydrogens (tertiary/aromatic N) is 2. The third-order valence-corrected chi connectivity index (χ3v) is 2.95. The fourth-order valence-electron chi connectivity index (χ4n) is 1.88. The van der Waals surface area contributed by atoms with Gasteiger partial charge in [0.2, 0.25) is 5.90 Å². The number of carbonyl (C=O) groups excluding carboxylic acids is 1. The summed E-state index contributed by atoms with van der Waals surface area (Å²) >= 11 is 0. The smallest absolute Gasteiger partial charge is 0.363 e. The lowest BCUT2D eigenvalue weighted by atomic mass is 10.2. The van der Waals surface area contributed by atoms with Crippen LogP contribution in [0.2, 0.25) is 0 Å². The maximum absolute atomic E-state index is 11.8. The molecule has 1 aromatic carbocycles. The van der Waals surface area contributed by atoms with Crippen LogP contribution in [0.15, 0.2) is 59.5 Å². The number of aromatic nitrogens is 1. The summed E-state index contributed by atoms with van der Waals surface area (Å²) in [6.45, 7) is 0. The number of aliphatic imine (C=N–C) groups is 1. The molecule has 1 aliphatic heterocycles. The summed E-state index contributed by atoms with van der Waals surface area (Å²) < 4.78 is 10.2. The van der Waals surface area contributed by atoms with Crippen LogP contribution in [-0.2, 0) is 9.53 Å². The van der Waals surface area contributed by atoms with Crippen LogP contribution in [0.4, 0.5) is 0 Å². The SMILES string of the molecule is COc1ccc(C=C2N=C(c3cccnc3)OC2=O)cc1. The van der Waals surface area contributed by atoms with Gasteiger partial charge in [0.25, 0.3) is 0 Å². The molecule has 0 N–H and O–H groups in total. The van der Waals surface area contributed by atoms with E-state index in [0.29, 0.717) is 5.56 Å². The van der Waals surface area contributed by atoms with Crippen molar-refractivity contribution in [1.82, 2.24) is 4.98 Å². The second-order valence-corrected chi connectivity index (χ2v) is 4.35. The molecule has 1 aliphatic rings. The highest BCUT2D eigenvalue weighted by atomic mass is 16.6. The van der Waals surface area contributed by atoms with E-state index in [2.05, 4.69) is 9.98 Å². The minimum Gasteiger partial charge on any atom is -0.497 e. The molecule has 5 heteroatoms.